The number of piperidine rings is 1. The lowest BCUT2D eigenvalue weighted by Gasteiger charge is -2.32. The number of rotatable bonds is 5. The van der Waals surface area contributed by atoms with Gasteiger partial charge in [0.2, 0.25) is 0 Å². The van der Waals surface area contributed by atoms with E-state index in [1.54, 1.807) is 12.4 Å². The van der Waals surface area contributed by atoms with Gasteiger partial charge in [-0.1, -0.05) is 18.2 Å². The van der Waals surface area contributed by atoms with Crippen LogP contribution in [0.4, 0.5) is 0 Å². The van der Waals surface area contributed by atoms with Gasteiger partial charge in [0, 0.05) is 36.4 Å². The van der Waals surface area contributed by atoms with Crippen LogP contribution in [0.2, 0.25) is 0 Å². The van der Waals surface area contributed by atoms with Crippen molar-refractivity contribution in [3.05, 3.63) is 60.4 Å². The highest BCUT2D eigenvalue weighted by Crippen LogP contribution is 2.27. The molecule has 5 heteroatoms. The van der Waals surface area contributed by atoms with Gasteiger partial charge in [-0.15, -0.1) is 0 Å². The minimum Gasteiger partial charge on any atom is -0.339 e. The Morgan fingerprint density at radius 3 is 2.64 bits per heavy atom. The number of nitrogens with one attached hydrogen (secondary N) is 1. The topological polar surface area (TPSA) is 58.1 Å². The lowest BCUT2D eigenvalue weighted by atomic mass is 9.93. The second kappa shape index (κ2) is 8.48. The van der Waals surface area contributed by atoms with Gasteiger partial charge in [-0.25, -0.2) is 4.98 Å². The number of benzene rings is 1. The minimum atomic E-state index is 0.112. The minimum absolute atomic E-state index is 0.112. The van der Waals surface area contributed by atoms with E-state index in [9.17, 15) is 4.79 Å². The lowest BCUT2D eigenvalue weighted by molar-refractivity contribution is 0.0689. The fraction of sp³-hybridized carbons (Fsp3) is 0.348. The maximum absolute atomic E-state index is 13.4. The molecular weight excluding hydrogens is 348 g/mol. The standard InChI is InChI=1S/C23H26N4O/c1-24-11-6-17-9-14-27(15-10-17)23(28)20-16-22(18-7-12-25-13-8-18)26-21-5-3-2-4-19(20)21/h2-5,7-8,12-13,16-17,24H,6,9-11,14-15H2,1H3. The average Bonchev–Trinajstić information content (AvgIpc) is 2.77. The summed E-state index contributed by atoms with van der Waals surface area (Å²) in [5.74, 6) is 0.819. The second-order valence-corrected chi connectivity index (χ2v) is 7.44. The molecule has 1 fully saturated rings. The van der Waals surface area contributed by atoms with Crippen molar-refractivity contribution in [3.8, 4) is 11.3 Å². The van der Waals surface area contributed by atoms with Crippen LogP contribution in [0.1, 0.15) is 29.6 Å². The zero-order chi connectivity index (χ0) is 19.3. The van der Waals surface area contributed by atoms with Gasteiger partial charge in [0.05, 0.1) is 16.8 Å². The summed E-state index contributed by atoms with van der Waals surface area (Å²) in [4.78, 5) is 24.3. The maximum Gasteiger partial charge on any atom is 0.254 e. The Kier molecular flexibility index (Phi) is 5.63. The molecule has 1 saturated heterocycles. The Morgan fingerprint density at radius 2 is 1.89 bits per heavy atom. The summed E-state index contributed by atoms with van der Waals surface area (Å²) in [6.45, 7) is 2.70. The van der Waals surface area contributed by atoms with Gasteiger partial charge < -0.3 is 10.2 Å². The van der Waals surface area contributed by atoms with Crippen LogP contribution in [0.5, 0.6) is 0 Å². The van der Waals surface area contributed by atoms with Gasteiger partial charge in [-0.05, 0) is 63.0 Å². The van der Waals surface area contributed by atoms with Crippen molar-refractivity contribution >= 4 is 16.8 Å². The van der Waals surface area contributed by atoms with Crippen LogP contribution in [0, 0.1) is 5.92 Å². The summed E-state index contributed by atoms with van der Waals surface area (Å²) in [5.41, 5.74) is 3.38. The number of likely N-dealkylation sites (tertiary alicyclic amines) is 1. The third kappa shape index (κ3) is 3.90. The third-order valence-electron chi connectivity index (χ3n) is 5.63. The molecule has 1 aliphatic rings. The Morgan fingerprint density at radius 1 is 1.14 bits per heavy atom. The van der Waals surface area contributed by atoms with Gasteiger partial charge in [0.15, 0.2) is 0 Å². The smallest absolute Gasteiger partial charge is 0.254 e. The molecule has 1 amide bonds. The van der Waals surface area contributed by atoms with Crippen LogP contribution in [-0.2, 0) is 0 Å². The number of carbonyl (C=O) groups is 1. The summed E-state index contributed by atoms with van der Waals surface area (Å²) < 4.78 is 0. The number of para-hydroxylation sites is 1. The maximum atomic E-state index is 13.4. The van der Waals surface area contributed by atoms with Crippen LogP contribution < -0.4 is 5.32 Å². The fourth-order valence-corrected chi connectivity index (χ4v) is 3.97. The highest BCUT2D eigenvalue weighted by molar-refractivity contribution is 6.07. The number of pyridine rings is 2. The van der Waals surface area contributed by atoms with Crippen molar-refractivity contribution in [2.24, 2.45) is 5.92 Å². The molecular formula is C23H26N4O. The number of nitrogens with zero attached hydrogens (tertiary/aromatic N) is 3. The molecule has 0 atom stereocenters. The molecule has 2 aromatic heterocycles. The van der Waals surface area contributed by atoms with Gasteiger partial charge in [-0.2, -0.15) is 0 Å². The molecule has 1 aliphatic heterocycles. The number of hydrogen-bond acceptors (Lipinski definition) is 4. The molecule has 0 spiro atoms. The Bertz CT molecular complexity index is 949. The third-order valence-corrected chi connectivity index (χ3v) is 5.63. The number of fused-ring (bicyclic) bond motifs is 1. The van der Waals surface area contributed by atoms with Crippen molar-refractivity contribution in [3.63, 3.8) is 0 Å². The average molecular weight is 374 g/mol. The van der Waals surface area contributed by atoms with E-state index in [1.807, 2.05) is 54.4 Å². The molecule has 0 unspecified atom stereocenters. The fourth-order valence-electron chi connectivity index (χ4n) is 3.97. The van der Waals surface area contributed by atoms with Gasteiger partial charge in [-0.3, -0.25) is 9.78 Å². The van der Waals surface area contributed by atoms with E-state index in [0.29, 0.717) is 5.92 Å². The first kappa shape index (κ1) is 18.6. The lowest BCUT2D eigenvalue weighted by Crippen LogP contribution is -2.39. The zero-order valence-corrected chi connectivity index (χ0v) is 16.3. The van der Waals surface area contributed by atoms with E-state index in [2.05, 4.69) is 10.3 Å². The number of hydrogen-bond donors (Lipinski definition) is 1. The van der Waals surface area contributed by atoms with Crippen molar-refractivity contribution in [1.29, 1.82) is 0 Å². The molecule has 0 aliphatic carbocycles. The van der Waals surface area contributed by atoms with Gasteiger partial charge in [0.25, 0.3) is 5.91 Å². The number of aromatic nitrogens is 2. The van der Waals surface area contributed by atoms with E-state index >= 15 is 0 Å². The summed E-state index contributed by atoms with van der Waals surface area (Å²) in [7, 11) is 1.99. The first-order valence-corrected chi connectivity index (χ1v) is 10.0. The molecule has 28 heavy (non-hydrogen) atoms. The quantitative estimate of drug-likeness (QED) is 0.739. The summed E-state index contributed by atoms with van der Waals surface area (Å²) >= 11 is 0. The number of amides is 1. The van der Waals surface area contributed by atoms with E-state index < -0.39 is 0 Å². The van der Waals surface area contributed by atoms with E-state index in [1.165, 1.54) is 6.42 Å². The van der Waals surface area contributed by atoms with Gasteiger partial charge >= 0.3 is 0 Å². The summed E-state index contributed by atoms with van der Waals surface area (Å²) in [6.07, 6.45) is 6.84. The SMILES string of the molecule is CNCCC1CCN(C(=O)c2cc(-c3ccncc3)nc3ccccc23)CC1. The van der Waals surface area contributed by atoms with E-state index in [0.717, 1.165) is 60.2 Å². The molecule has 0 radical (unpaired) electrons. The molecule has 5 nitrogen and oxygen atoms in total. The van der Waals surface area contributed by atoms with Crippen LogP contribution in [-0.4, -0.2) is 47.5 Å². The molecule has 3 heterocycles. The van der Waals surface area contributed by atoms with Crippen molar-refractivity contribution in [2.75, 3.05) is 26.7 Å². The van der Waals surface area contributed by atoms with Crippen LogP contribution in [0.25, 0.3) is 22.2 Å². The monoisotopic (exact) mass is 374 g/mol. The Hall–Kier alpha value is -2.79. The molecule has 1 N–H and O–H groups in total. The predicted octanol–water partition coefficient (Wildman–Crippen LogP) is 3.76. The molecule has 144 valence electrons. The molecule has 0 saturated carbocycles. The highest BCUT2D eigenvalue weighted by atomic mass is 16.2. The van der Waals surface area contributed by atoms with E-state index in [4.69, 9.17) is 4.98 Å². The van der Waals surface area contributed by atoms with Crippen molar-refractivity contribution < 1.29 is 4.79 Å². The first-order chi connectivity index (χ1) is 13.8. The predicted molar refractivity (Wildman–Crippen MR) is 112 cm³/mol. The van der Waals surface area contributed by atoms with Crippen molar-refractivity contribution in [1.82, 2.24) is 20.2 Å². The molecule has 4 rings (SSSR count). The van der Waals surface area contributed by atoms with Crippen LogP contribution in [0.15, 0.2) is 54.9 Å². The second-order valence-electron chi connectivity index (χ2n) is 7.44. The summed E-state index contributed by atoms with van der Waals surface area (Å²) in [5, 5.41) is 4.14. The first-order valence-electron chi connectivity index (χ1n) is 10.0. The van der Waals surface area contributed by atoms with Gasteiger partial charge in [0.1, 0.15) is 0 Å². The Balaban J connectivity index is 1.63. The summed E-state index contributed by atoms with van der Waals surface area (Å²) in [6, 6.07) is 13.7. The molecule has 0 bridgehead atoms. The zero-order valence-electron chi connectivity index (χ0n) is 16.3. The van der Waals surface area contributed by atoms with E-state index in [-0.39, 0.29) is 5.91 Å². The normalized spacial score (nSPS) is 15.1. The van der Waals surface area contributed by atoms with Crippen molar-refractivity contribution in [2.45, 2.75) is 19.3 Å². The molecule has 1 aromatic carbocycles. The van der Waals surface area contributed by atoms with Crippen LogP contribution >= 0.6 is 0 Å². The largest absolute Gasteiger partial charge is 0.339 e. The number of carbonyl (C=O) groups excluding carboxylic acids is 1. The van der Waals surface area contributed by atoms with Crippen LogP contribution in [0.3, 0.4) is 0 Å². The highest BCUT2D eigenvalue weighted by Gasteiger charge is 2.25. The molecule has 3 aromatic rings. The Labute approximate surface area is 165 Å².